The number of aryl methyl sites for hydroxylation is 2. The quantitative estimate of drug-likeness (QED) is 0.0810. The molecule has 0 bridgehead atoms. The molecule has 1 rings (SSSR count). The van der Waals surface area contributed by atoms with Crippen molar-refractivity contribution in [2.45, 2.75) is 25.7 Å². The Morgan fingerprint density at radius 3 is 1.56 bits per heavy atom. The number of aromatic hydroxyl groups is 2. The first kappa shape index (κ1) is 30.7. The van der Waals surface area contributed by atoms with E-state index in [1.807, 2.05) is 4.90 Å². The number of rotatable bonds is 20. The molecule has 0 spiro atoms. The minimum absolute atomic E-state index is 0.0681. The average Bonchev–Trinajstić information content (AvgIpc) is 2.87. The molecule has 0 unspecified atom stereocenters. The summed E-state index contributed by atoms with van der Waals surface area (Å²) in [5.41, 5.74) is 1.13. The highest BCUT2D eigenvalue weighted by atomic mass is 16.5. The number of methoxy groups -OCH3 is 2. The fourth-order valence-electron chi connectivity index (χ4n) is 3.56. The fraction of sp³-hybridized carbons (Fsp3) is 0.583. The van der Waals surface area contributed by atoms with Gasteiger partial charge < -0.3 is 29.2 Å². The molecule has 12 heteroatoms. The average molecular weight is 513 g/mol. The fourth-order valence-corrected chi connectivity index (χ4v) is 3.56. The Balaban J connectivity index is 2.64. The minimum atomic E-state index is -0.477. The van der Waals surface area contributed by atoms with Gasteiger partial charge in [-0.15, -0.1) is 0 Å². The molecule has 0 fully saturated rings. The molecular formula is C24H36N2O10. The second kappa shape index (κ2) is 18.0. The molecule has 0 aliphatic carbocycles. The molecule has 2 N–H and O–H groups in total. The second-order valence-corrected chi connectivity index (χ2v) is 7.93. The molecule has 0 aromatic heterocycles. The van der Waals surface area contributed by atoms with Crippen LogP contribution in [-0.2, 0) is 51.0 Å². The number of ether oxygens (including phenoxy) is 4. The minimum Gasteiger partial charge on any atom is -0.504 e. The highest BCUT2D eigenvalue weighted by Crippen LogP contribution is 2.34. The molecule has 202 valence electrons. The molecule has 36 heavy (non-hydrogen) atoms. The highest BCUT2D eigenvalue weighted by Gasteiger charge is 2.17. The summed E-state index contributed by atoms with van der Waals surface area (Å²) in [7, 11) is 2.53. The summed E-state index contributed by atoms with van der Waals surface area (Å²) in [5.74, 6) is -1.34. The van der Waals surface area contributed by atoms with Crippen LogP contribution in [0.2, 0.25) is 0 Å². The van der Waals surface area contributed by atoms with Crippen molar-refractivity contribution in [2.75, 3.05) is 66.7 Å². The third-order valence-electron chi connectivity index (χ3n) is 5.51. The first-order valence-electron chi connectivity index (χ1n) is 11.6. The van der Waals surface area contributed by atoms with Crippen molar-refractivity contribution in [3.63, 3.8) is 0 Å². The van der Waals surface area contributed by atoms with E-state index >= 15 is 0 Å². The van der Waals surface area contributed by atoms with Gasteiger partial charge in [-0.2, -0.15) is 0 Å². The monoisotopic (exact) mass is 512 g/mol. The summed E-state index contributed by atoms with van der Waals surface area (Å²) >= 11 is 0. The zero-order valence-electron chi connectivity index (χ0n) is 20.8. The normalized spacial score (nSPS) is 10.8. The summed E-state index contributed by atoms with van der Waals surface area (Å²) in [5, 5.41) is 21.0. The Morgan fingerprint density at radius 2 is 1.17 bits per heavy atom. The molecule has 0 radical (unpaired) electrons. The van der Waals surface area contributed by atoms with Gasteiger partial charge in [-0.05, 0) is 49.9 Å². The van der Waals surface area contributed by atoms with E-state index in [9.17, 15) is 29.4 Å². The molecule has 0 atom stereocenters. The van der Waals surface area contributed by atoms with Gasteiger partial charge in [-0.25, -0.2) is 0 Å². The lowest BCUT2D eigenvalue weighted by Gasteiger charge is -2.21. The van der Waals surface area contributed by atoms with Gasteiger partial charge in [0.25, 0.3) is 12.9 Å². The maximum absolute atomic E-state index is 11.6. The van der Waals surface area contributed by atoms with Crippen LogP contribution in [0.1, 0.15) is 24.0 Å². The molecule has 12 nitrogen and oxygen atoms in total. The van der Waals surface area contributed by atoms with Gasteiger partial charge in [0.05, 0.1) is 27.3 Å². The van der Waals surface area contributed by atoms with Crippen LogP contribution in [0.25, 0.3) is 0 Å². The lowest BCUT2D eigenvalue weighted by atomic mass is 10.0. The van der Waals surface area contributed by atoms with Gasteiger partial charge in [0.2, 0.25) is 0 Å². The van der Waals surface area contributed by atoms with E-state index in [-0.39, 0.29) is 37.8 Å². The summed E-state index contributed by atoms with van der Waals surface area (Å²) in [6, 6.07) is 3.49. The molecular weight excluding hydrogens is 476 g/mol. The Morgan fingerprint density at radius 1 is 0.750 bits per heavy atom. The predicted molar refractivity (Wildman–Crippen MR) is 127 cm³/mol. The third-order valence-corrected chi connectivity index (χ3v) is 5.51. The molecule has 0 aliphatic heterocycles. The molecule has 0 aliphatic rings. The molecule has 0 heterocycles. The number of hydrogen-bond acceptors (Lipinski definition) is 12. The van der Waals surface area contributed by atoms with Crippen molar-refractivity contribution in [1.82, 2.24) is 9.80 Å². The van der Waals surface area contributed by atoms with Crippen LogP contribution in [0.5, 0.6) is 11.5 Å². The van der Waals surface area contributed by atoms with Crippen molar-refractivity contribution in [1.29, 1.82) is 0 Å². The van der Waals surface area contributed by atoms with Crippen LogP contribution in [0.15, 0.2) is 12.1 Å². The maximum Gasteiger partial charge on any atom is 0.319 e. The van der Waals surface area contributed by atoms with E-state index < -0.39 is 11.9 Å². The van der Waals surface area contributed by atoms with Crippen LogP contribution >= 0.6 is 0 Å². The van der Waals surface area contributed by atoms with E-state index in [1.165, 1.54) is 14.2 Å². The van der Waals surface area contributed by atoms with E-state index in [2.05, 4.69) is 9.47 Å². The number of hydrogen-bond donors (Lipinski definition) is 2. The number of carbonyl (C=O) groups is 4. The van der Waals surface area contributed by atoms with E-state index in [0.717, 1.165) is 0 Å². The van der Waals surface area contributed by atoms with Crippen LogP contribution in [0, 0.1) is 0 Å². The van der Waals surface area contributed by atoms with Crippen molar-refractivity contribution < 1.29 is 48.3 Å². The molecule has 0 saturated heterocycles. The van der Waals surface area contributed by atoms with Gasteiger partial charge in [0.15, 0.2) is 11.5 Å². The zero-order chi connectivity index (χ0) is 26.8. The lowest BCUT2D eigenvalue weighted by molar-refractivity contribution is -0.145. The van der Waals surface area contributed by atoms with Crippen molar-refractivity contribution in [2.24, 2.45) is 0 Å². The molecule has 0 amide bonds. The Labute approximate surface area is 210 Å². The number of nitrogens with zero attached hydrogens (tertiary/aromatic N) is 2. The summed E-state index contributed by atoms with van der Waals surface area (Å²) in [6.45, 7) is 2.95. The second-order valence-electron chi connectivity index (χ2n) is 7.93. The number of phenols is 2. The van der Waals surface area contributed by atoms with E-state index in [1.54, 1.807) is 17.0 Å². The smallest absolute Gasteiger partial charge is 0.319 e. The molecule has 1 aromatic rings. The van der Waals surface area contributed by atoms with Gasteiger partial charge in [-0.1, -0.05) is 12.1 Å². The largest absolute Gasteiger partial charge is 0.504 e. The van der Waals surface area contributed by atoms with Crippen molar-refractivity contribution in [3.8, 4) is 11.5 Å². The maximum atomic E-state index is 11.6. The predicted octanol–water partition coefficient (Wildman–Crippen LogP) is 0.259. The summed E-state index contributed by atoms with van der Waals surface area (Å²) in [4.78, 5) is 47.4. The lowest BCUT2D eigenvalue weighted by Crippen LogP contribution is -2.36. The van der Waals surface area contributed by atoms with Crippen molar-refractivity contribution >= 4 is 24.9 Å². The Bertz CT molecular complexity index is 801. The standard InChI is InChI=1S/C24H36N2O10/c1-33-21(29)15-26(16-22(30)34-2)10-4-6-20-8-7-19(23(31)24(20)32)5-3-9-25(11-13-35-17-27)12-14-36-18-28/h7-8,17-18,31-32H,3-6,9-16H2,1-2H3. The van der Waals surface area contributed by atoms with E-state index in [0.29, 0.717) is 75.9 Å². The first-order chi connectivity index (χ1) is 17.4. The third kappa shape index (κ3) is 11.8. The van der Waals surface area contributed by atoms with Crippen molar-refractivity contribution in [3.05, 3.63) is 23.3 Å². The molecule has 0 saturated carbocycles. The summed E-state index contributed by atoms with van der Waals surface area (Å²) < 4.78 is 18.8. The van der Waals surface area contributed by atoms with Gasteiger partial charge in [0, 0.05) is 13.1 Å². The summed E-state index contributed by atoms with van der Waals surface area (Å²) in [6.07, 6.45) is 2.07. The Kier molecular flexibility index (Phi) is 15.3. The number of phenolic OH excluding ortho intramolecular Hbond substituents is 2. The van der Waals surface area contributed by atoms with Crippen LogP contribution in [-0.4, -0.2) is 112 Å². The SMILES string of the molecule is COC(=O)CN(CCCc1ccc(CCCN(CCOC=O)CCOC=O)c(O)c1O)CC(=O)OC. The van der Waals surface area contributed by atoms with Gasteiger partial charge in [0.1, 0.15) is 13.2 Å². The molecule has 1 aromatic carbocycles. The number of carbonyl (C=O) groups excluding carboxylic acids is 4. The van der Waals surface area contributed by atoms with Gasteiger partial charge in [-0.3, -0.25) is 29.0 Å². The first-order valence-corrected chi connectivity index (χ1v) is 11.6. The van der Waals surface area contributed by atoms with Crippen LogP contribution < -0.4 is 0 Å². The van der Waals surface area contributed by atoms with Gasteiger partial charge >= 0.3 is 11.9 Å². The van der Waals surface area contributed by atoms with E-state index in [4.69, 9.17) is 9.47 Å². The van der Waals surface area contributed by atoms with Crippen LogP contribution in [0.3, 0.4) is 0 Å². The number of benzene rings is 1. The topological polar surface area (TPSA) is 152 Å². The van der Waals surface area contributed by atoms with Crippen LogP contribution in [0.4, 0.5) is 0 Å². The Hall–Kier alpha value is -3.38. The zero-order valence-corrected chi connectivity index (χ0v) is 20.8. The number of esters is 2. The highest BCUT2D eigenvalue weighted by molar-refractivity contribution is 5.74.